The Morgan fingerprint density at radius 1 is 1.19 bits per heavy atom. The van der Waals surface area contributed by atoms with Gasteiger partial charge in [-0.3, -0.25) is 4.79 Å². The smallest absolute Gasteiger partial charge is 0.338 e. The molecule has 2 aromatic rings. The van der Waals surface area contributed by atoms with Gasteiger partial charge in [0.2, 0.25) is 0 Å². The van der Waals surface area contributed by atoms with Gasteiger partial charge in [0.25, 0.3) is 5.91 Å². The number of rotatable bonds is 4. The number of allylic oxidation sites excluding steroid dienone is 2. The number of amides is 1. The van der Waals surface area contributed by atoms with Gasteiger partial charge in [-0.1, -0.05) is 36.4 Å². The van der Waals surface area contributed by atoms with Crippen LogP contribution in [0.5, 0.6) is 5.75 Å². The third-order valence-electron chi connectivity index (χ3n) is 3.64. The predicted molar refractivity (Wildman–Crippen MR) is 106 cm³/mol. The number of amidine groups is 1. The Labute approximate surface area is 160 Å². The monoisotopic (exact) mass is 380 g/mol. The summed E-state index contributed by atoms with van der Waals surface area (Å²) in [6, 6.07) is 13.6. The minimum Gasteiger partial charge on any atom is -0.508 e. The van der Waals surface area contributed by atoms with Gasteiger partial charge < -0.3 is 15.5 Å². The van der Waals surface area contributed by atoms with Crippen LogP contribution in [0.25, 0.3) is 6.08 Å². The van der Waals surface area contributed by atoms with Crippen molar-refractivity contribution in [3.05, 3.63) is 76.2 Å². The van der Waals surface area contributed by atoms with Crippen LogP contribution in [0.3, 0.4) is 0 Å². The number of carboxylic acids is 1. The van der Waals surface area contributed by atoms with Gasteiger partial charge in [0.1, 0.15) is 5.75 Å². The fourth-order valence-corrected chi connectivity index (χ4v) is 3.33. The van der Waals surface area contributed by atoms with Crippen molar-refractivity contribution >= 4 is 40.6 Å². The van der Waals surface area contributed by atoms with Gasteiger partial charge >= 0.3 is 5.97 Å². The predicted octanol–water partition coefficient (Wildman–Crippen LogP) is 3.93. The number of nitrogens with zero attached hydrogens (tertiary/aromatic N) is 1. The van der Waals surface area contributed by atoms with E-state index in [0.717, 1.165) is 29.0 Å². The molecule has 7 heteroatoms. The van der Waals surface area contributed by atoms with Crippen molar-refractivity contribution in [2.45, 2.75) is 6.92 Å². The number of benzene rings is 2. The molecule has 27 heavy (non-hydrogen) atoms. The van der Waals surface area contributed by atoms with Gasteiger partial charge in [-0.25, -0.2) is 9.79 Å². The molecule has 136 valence electrons. The van der Waals surface area contributed by atoms with E-state index in [-0.39, 0.29) is 28.1 Å². The largest absolute Gasteiger partial charge is 0.508 e. The summed E-state index contributed by atoms with van der Waals surface area (Å²) >= 11 is 1.13. The molecule has 0 bridgehead atoms. The van der Waals surface area contributed by atoms with E-state index in [2.05, 4.69) is 10.3 Å². The fraction of sp³-hybridized carbons (Fsp3) is 0.0500. The summed E-state index contributed by atoms with van der Waals surface area (Å²) in [5.74, 6) is -1.67. The molecule has 1 aliphatic rings. The molecule has 0 aliphatic carbocycles. The molecule has 3 N–H and O–H groups in total. The van der Waals surface area contributed by atoms with Crippen LogP contribution >= 0.6 is 11.8 Å². The molecule has 0 unspecified atom stereocenters. The highest BCUT2D eigenvalue weighted by atomic mass is 32.2. The molecule has 1 fully saturated rings. The van der Waals surface area contributed by atoms with Gasteiger partial charge in [-0.2, -0.15) is 0 Å². The van der Waals surface area contributed by atoms with E-state index in [4.69, 9.17) is 0 Å². The van der Waals surface area contributed by atoms with Crippen molar-refractivity contribution in [1.29, 1.82) is 0 Å². The van der Waals surface area contributed by atoms with Crippen LogP contribution in [0, 0.1) is 0 Å². The quantitative estimate of drug-likeness (QED) is 0.698. The van der Waals surface area contributed by atoms with E-state index in [0.29, 0.717) is 4.91 Å². The second-order valence-corrected chi connectivity index (χ2v) is 6.82. The standard InChI is InChI=1S/C20H16N2O4S/c1-12(9-13-5-3-2-4-6-13)10-17-18(24)22-20(27-17)21-16-8-7-14(23)11-15(16)19(25)26/h2-11,23H,1H3,(H,25,26)(H,21,22,24)/b12-9+,17-10-. The van der Waals surface area contributed by atoms with Gasteiger partial charge in [-0.05, 0) is 54.1 Å². The second kappa shape index (κ2) is 7.92. The van der Waals surface area contributed by atoms with Gasteiger partial charge in [0, 0.05) is 0 Å². The lowest BCUT2D eigenvalue weighted by Crippen LogP contribution is -2.19. The van der Waals surface area contributed by atoms with Crippen molar-refractivity contribution in [1.82, 2.24) is 5.32 Å². The van der Waals surface area contributed by atoms with E-state index in [1.807, 2.05) is 43.3 Å². The maximum atomic E-state index is 12.2. The first-order valence-electron chi connectivity index (χ1n) is 8.01. The number of carboxylic acid groups (broad SMARTS) is 1. The highest BCUT2D eigenvalue weighted by Gasteiger charge is 2.24. The number of phenolic OH excluding ortho intramolecular Hbond substituents is 1. The number of hydrogen-bond acceptors (Lipinski definition) is 5. The highest BCUT2D eigenvalue weighted by Crippen LogP contribution is 2.30. The molecule has 1 aliphatic heterocycles. The number of carbonyl (C=O) groups is 2. The average Bonchev–Trinajstić information content (AvgIpc) is 2.96. The average molecular weight is 380 g/mol. The van der Waals surface area contributed by atoms with E-state index >= 15 is 0 Å². The molecule has 0 aromatic heterocycles. The second-order valence-electron chi connectivity index (χ2n) is 5.79. The molecule has 2 aromatic carbocycles. The molecular formula is C20H16N2O4S. The van der Waals surface area contributed by atoms with Crippen molar-refractivity contribution in [2.24, 2.45) is 4.99 Å². The van der Waals surface area contributed by atoms with E-state index in [9.17, 15) is 19.8 Å². The first-order valence-corrected chi connectivity index (χ1v) is 8.83. The molecule has 0 spiro atoms. The molecule has 1 heterocycles. The van der Waals surface area contributed by atoms with Crippen LogP contribution in [-0.4, -0.2) is 27.3 Å². The van der Waals surface area contributed by atoms with Crippen LogP contribution in [0.4, 0.5) is 5.69 Å². The van der Waals surface area contributed by atoms with E-state index < -0.39 is 5.97 Å². The first-order chi connectivity index (χ1) is 12.9. The van der Waals surface area contributed by atoms with E-state index in [1.54, 1.807) is 6.08 Å². The normalized spacial score (nSPS) is 17.4. The first kappa shape index (κ1) is 18.5. The lowest BCUT2D eigenvalue weighted by atomic mass is 10.1. The zero-order valence-corrected chi connectivity index (χ0v) is 15.2. The third kappa shape index (κ3) is 4.65. The molecule has 0 atom stereocenters. The van der Waals surface area contributed by atoms with Crippen molar-refractivity contribution in [3.63, 3.8) is 0 Å². The van der Waals surface area contributed by atoms with Crippen molar-refractivity contribution in [3.8, 4) is 5.75 Å². The molecule has 0 saturated carbocycles. The summed E-state index contributed by atoms with van der Waals surface area (Å²) < 4.78 is 0. The molecular weight excluding hydrogens is 364 g/mol. The number of aromatic carboxylic acids is 1. The number of aromatic hydroxyl groups is 1. The minimum absolute atomic E-state index is 0.144. The summed E-state index contributed by atoms with van der Waals surface area (Å²) in [7, 11) is 0. The summed E-state index contributed by atoms with van der Waals surface area (Å²) in [5.41, 5.74) is 1.94. The Morgan fingerprint density at radius 3 is 2.63 bits per heavy atom. The van der Waals surface area contributed by atoms with Gasteiger partial charge in [-0.15, -0.1) is 0 Å². The van der Waals surface area contributed by atoms with E-state index in [1.165, 1.54) is 12.1 Å². The zero-order chi connectivity index (χ0) is 19.4. The third-order valence-corrected chi connectivity index (χ3v) is 4.55. The molecule has 3 rings (SSSR count). The lowest BCUT2D eigenvalue weighted by molar-refractivity contribution is -0.115. The Bertz CT molecular complexity index is 994. The number of phenols is 1. The van der Waals surface area contributed by atoms with Crippen LogP contribution in [0.2, 0.25) is 0 Å². The van der Waals surface area contributed by atoms with Gasteiger partial charge in [0.15, 0.2) is 5.17 Å². The SMILES string of the molecule is CC(/C=C1\SC(=Nc2ccc(O)cc2C(=O)O)NC1=O)=C\c1ccccc1. The number of nitrogens with one attached hydrogen (secondary N) is 1. The highest BCUT2D eigenvalue weighted by molar-refractivity contribution is 8.18. The zero-order valence-electron chi connectivity index (χ0n) is 14.3. The number of aliphatic imine (C=N–C) groups is 1. The van der Waals surface area contributed by atoms with Crippen LogP contribution in [0.15, 0.2) is 70.1 Å². The summed E-state index contributed by atoms with van der Waals surface area (Å²) in [6.07, 6.45) is 3.71. The summed E-state index contributed by atoms with van der Waals surface area (Å²) in [5, 5.41) is 21.6. The number of carbonyl (C=O) groups excluding carboxylic acids is 1. The van der Waals surface area contributed by atoms with Crippen LogP contribution in [0.1, 0.15) is 22.8 Å². The Balaban J connectivity index is 1.84. The fourth-order valence-electron chi connectivity index (χ4n) is 2.44. The Morgan fingerprint density at radius 2 is 1.93 bits per heavy atom. The molecule has 6 nitrogen and oxygen atoms in total. The maximum Gasteiger partial charge on any atom is 0.338 e. The molecule has 1 saturated heterocycles. The maximum absolute atomic E-state index is 12.2. The van der Waals surface area contributed by atoms with Crippen molar-refractivity contribution < 1.29 is 19.8 Å². The number of hydrogen-bond donors (Lipinski definition) is 3. The topological polar surface area (TPSA) is 99.0 Å². The summed E-state index contributed by atoms with van der Waals surface area (Å²) in [6.45, 7) is 1.89. The van der Waals surface area contributed by atoms with Crippen LogP contribution in [-0.2, 0) is 4.79 Å². The minimum atomic E-state index is -1.21. The summed E-state index contributed by atoms with van der Waals surface area (Å²) in [4.78, 5) is 28.1. The number of thioether (sulfide) groups is 1. The van der Waals surface area contributed by atoms with Gasteiger partial charge in [0.05, 0.1) is 16.2 Å². The van der Waals surface area contributed by atoms with Crippen molar-refractivity contribution in [2.75, 3.05) is 0 Å². The Hall–Kier alpha value is -3.32. The van der Waals surface area contributed by atoms with Crippen LogP contribution < -0.4 is 5.32 Å². The molecule has 0 radical (unpaired) electrons. The lowest BCUT2D eigenvalue weighted by Gasteiger charge is -2.02. The Kier molecular flexibility index (Phi) is 5.42. The molecule has 1 amide bonds.